The molecule has 0 aromatic heterocycles. The van der Waals surface area contributed by atoms with E-state index in [1.807, 2.05) is 0 Å². The Morgan fingerprint density at radius 2 is 2.14 bits per heavy atom. The zero-order valence-electron chi connectivity index (χ0n) is 4.35. The molecule has 0 bridgehead atoms. The first kappa shape index (κ1) is 10.9. The van der Waals surface area contributed by atoms with Gasteiger partial charge in [-0.05, 0) is 0 Å². The fourth-order valence-electron chi connectivity index (χ4n) is 0.123. The molecule has 0 aromatic rings. The second-order valence-corrected chi connectivity index (χ2v) is 0.932. The van der Waals surface area contributed by atoms with Crippen LogP contribution in [0.25, 0.3) is 0 Å². The van der Waals surface area contributed by atoms with Crippen LogP contribution in [0.2, 0.25) is 0 Å². The Labute approximate surface area is 84.7 Å². The maximum atomic E-state index is 9.52. The molecular weight excluding hydrogens is 121 g/mol. The van der Waals surface area contributed by atoms with Crippen molar-refractivity contribution in [3.63, 3.8) is 0 Å². The molecule has 0 aliphatic carbocycles. The standard InChI is InChI=1S/C3H7NO2.K/c4-2-1-3(5)6;/h1-2,4H2,(H,5,6);. The summed E-state index contributed by atoms with van der Waals surface area (Å²) in [5, 5.41) is 7.83. The maximum Gasteiger partial charge on any atom is 0.304 e. The van der Waals surface area contributed by atoms with Gasteiger partial charge in [0.2, 0.25) is 0 Å². The third-order valence-electron chi connectivity index (χ3n) is 0.358. The number of nitrogens with two attached hydrogens (primary N) is 1. The molecule has 0 fully saturated rings. The molecular formula is C3H7KNO2. The van der Waals surface area contributed by atoms with E-state index in [1.165, 1.54) is 0 Å². The zero-order chi connectivity index (χ0) is 4.99. The molecule has 0 saturated carbocycles. The summed E-state index contributed by atoms with van der Waals surface area (Å²) in [7, 11) is 0. The number of rotatable bonds is 2. The van der Waals surface area contributed by atoms with E-state index in [1.54, 1.807) is 0 Å². The summed E-state index contributed by atoms with van der Waals surface area (Å²) in [6, 6.07) is 0. The topological polar surface area (TPSA) is 63.3 Å². The van der Waals surface area contributed by atoms with Crippen molar-refractivity contribution in [1.29, 1.82) is 0 Å². The van der Waals surface area contributed by atoms with Gasteiger partial charge in [0.05, 0.1) is 6.42 Å². The monoisotopic (exact) mass is 128 g/mol. The maximum absolute atomic E-state index is 9.52. The van der Waals surface area contributed by atoms with Crippen LogP contribution < -0.4 is 5.73 Å². The van der Waals surface area contributed by atoms with Gasteiger partial charge in [-0.15, -0.1) is 0 Å². The minimum atomic E-state index is -0.836. The molecule has 0 heterocycles. The van der Waals surface area contributed by atoms with E-state index in [-0.39, 0.29) is 64.4 Å². The quantitative estimate of drug-likeness (QED) is 0.471. The summed E-state index contributed by atoms with van der Waals surface area (Å²) in [6.07, 6.45) is 0.0694. The van der Waals surface area contributed by atoms with Crippen LogP contribution in [-0.4, -0.2) is 69.0 Å². The van der Waals surface area contributed by atoms with Gasteiger partial charge in [-0.1, -0.05) is 0 Å². The van der Waals surface area contributed by atoms with Crippen LogP contribution in [0.4, 0.5) is 0 Å². The Hall–Kier alpha value is 1.07. The van der Waals surface area contributed by atoms with Gasteiger partial charge in [0.15, 0.2) is 0 Å². The van der Waals surface area contributed by atoms with Crippen molar-refractivity contribution in [1.82, 2.24) is 0 Å². The van der Waals surface area contributed by atoms with E-state index in [4.69, 9.17) is 10.8 Å². The fraction of sp³-hybridized carbons (Fsp3) is 0.667. The van der Waals surface area contributed by atoms with E-state index in [2.05, 4.69) is 0 Å². The molecule has 0 aliphatic heterocycles. The van der Waals surface area contributed by atoms with Crippen molar-refractivity contribution in [2.75, 3.05) is 6.54 Å². The van der Waals surface area contributed by atoms with Crippen LogP contribution in [0.15, 0.2) is 0 Å². The summed E-state index contributed by atoms with van der Waals surface area (Å²) >= 11 is 0. The van der Waals surface area contributed by atoms with Gasteiger partial charge in [0.25, 0.3) is 0 Å². The van der Waals surface area contributed by atoms with Gasteiger partial charge in [-0.2, -0.15) is 0 Å². The van der Waals surface area contributed by atoms with E-state index in [9.17, 15) is 4.79 Å². The molecule has 37 valence electrons. The number of hydrogen-bond acceptors (Lipinski definition) is 2. The zero-order valence-corrected chi connectivity index (χ0v) is 7.47. The number of carbonyl (C=O) groups is 1. The van der Waals surface area contributed by atoms with Gasteiger partial charge in [-0.3, -0.25) is 4.79 Å². The molecule has 0 rings (SSSR count). The predicted molar refractivity (Wildman–Crippen MR) is 27.1 cm³/mol. The number of carboxylic acids is 1. The van der Waals surface area contributed by atoms with Gasteiger partial charge in [0, 0.05) is 57.9 Å². The minimum absolute atomic E-state index is 0. The third kappa shape index (κ3) is 11.0. The van der Waals surface area contributed by atoms with E-state index >= 15 is 0 Å². The second kappa shape index (κ2) is 7.07. The van der Waals surface area contributed by atoms with Crippen molar-refractivity contribution in [2.45, 2.75) is 6.42 Å². The molecule has 0 spiro atoms. The first-order valence-electron chi connectivity index (χ1n) is 1.69. The van der Waals surface area contributed by atoms with E-state index < -0.39 is 5.97 Å². The first-order chi connectivity index (χ1) is 2.77. The Kier molecular flexibility index (Phi) is 11.0. The van der Waals surface area contributed by atoms with E-state index in [0.29, 0.717) is 0 Å². The van der Waals surface area contributed by atoms with Crippen LogP contribution >= 0.6 is 0 Å². The van der Waals surface area contributed by atoms with Crippen LogP contribution in [-0.2, 0) is 4.79 Å². The predicted octanol–water partition coefficient (Wildman–Crippen LogP) is -0.961. The summed E-state index contributed by atoms with van der Waals surface area (Å²) in [5.74, 6) is -0.836. The minimum Gasteiger partial charge on any atom is -0.481 e. The summed E-state index contributed by atoms with van der Waals surface area (Å²) < 4.78 is 0. The summed E-state index contributed by atoms with van der Waals surface area (Å²) in [6.45, 7) is 0.231. The van der Waals surface area contributed by atoms with Crippen molar-refractivity contribution < 1.29 is 9.90 Å². The Morgan fingerprint density at radius 1 is 1.71 bits per heavy atom. The third-order valence-corrected chi connectivity index (χ3v) is 0.358. The van der Waals surface area contributed by atoms with Gasteiger partial charge < -0.3 is 10.8 Å². The Bertz CT molecular complexity index is 56.9. The molecule has 3 N–H and O–H groups in total. The van der Waals surface area contributed by atoms with Gasteiger partial charge >= 0.3 is 5.97 Å². The van der Waals surface area contributed by atoms with Crippen LogP contribution in [0.3, 0.4) is 0 Å². The number of hydrogen-bond donors (Lipinski definition) is 2. The largest absolute Gasteiger partial charge is 0.481 e. The molecule has 0 saturated heterocycles. The fourth-order valence-corrected chi connectivity index (χ4v) is 0.123. The van der Waals surface area contributed by atoms with Crippen molar-refractivity contribution in [3.8, 4) is 0 Å². The molecule has 0 amide bonds. The molecule has 7 heavy (non-hydrogen) atoms. The number of carboxylic acid groups (broad SMARTS) is 1. The Morgan fingerprint density at radius 3 is 2.14 bits per heavy atom. The molecule has 0 unspecified atom stereocenters. The summed E-state index contributed by atoms with van der Waals surface area (Å²) in [4.78, 5) is 9.52. The van der Waals surface area contributed by atoms with Crippen molar-refractivity contribution in [2.24, 2.45) is 5.73 Å². The SMILES string of the molecule is NCCC(=O)O.[K]. The van der Waals surface area contributed by atoms with Gasteiger partial charge in [-0.25, -0.2) is 0 Å². The van der Waals surface area contributed by atoms with E-state index in [0.717, 1.165) is 0 Å². The number of aliphatic carboxylic acids is 1. The van der Waals surface area contributed by atoms with Crippen LogP contribution in [0.5, 0.6) is 0 Å². The smallest absolute Gasteiger partial charge is 0.304 e. The van der Waals surface area contributed by atoms with Crippen LogP contribution in [0.1, 0.15) is 6.42 Å². The first-order valence-corrected chi connectivity index (χ1v) is 1.69. The molecule has 1 radical (unpaired) electrons. The van der Waals surface area contributed by atoms with Crippen LogP contribution in [0, 0.1) is 0 Å². The molecule has 3 nitrogen and oxygen atoms in total. The van der Waals surface area contributed by atoms with Crippen molar-refractivity contribution >= 4 is 57.4 Å². The average molecular weight is 128 g/mol. The molecule has 0 aliphatic rings. The molecule has 0 atom stereocenters. The molecule has 4 heteroatoms. The Balaban J connectivity index is 0. The van der Waals surface area contributed by atoms with Crippen molar-refractivity contribution in [3.05, 3.63) is 0 Å². The van der Waals surface area contributed by atoms with Gasteiger partial charge in [0.1, 0.15) is 0 Å². The normalized spacial score (nSPS) is 7.00. The molecule has 0 aromatic carbocycles. The summed E-state index contributed by atoms with van der Waals surface area (Å²) in [5.41, 5.74) is 4.85. The average Bonchev–Trinajstić information content (AvgIpc) is 1.35. The second-order valence-electron chi connectivity index (χ2n) is 0.932.